The van der Waals surface area contributed by atoms with Crippen molar-refractivity contribution < 1.29 is 0 Å². The molecule has 2 heterocycles. The topological polar surface area (TPSA) is 45.5 Å². The van der Waals surface area contributed by atoms with E-state index in [2.05, 4.69) is 44.6 Å². The zero-order valence-corrected chi connectivity index (χ0v) is 11.8. The minimum absolute atomic E-state index is 0.824. The highest BCUT2D eigenvalue weighted by molar-refractivity contribution is 5.65. The van der Waals surface area contributed by atoms with Crippen LogP contribution < -0.4 is 10.2 Å². The molecule has 2 aromatic heterocycles. The summed E-state index contributed by atoms with van der Waals surface area (Å²) in [6.45, 7) is 0. The molecule has 0 fully saturated rings. The summed E-state index contributed by atoms with van der Waals surface area (Å²) in [6.07, 6.45) is 1.95. The highest BCUT2D eigenvalue weighted by atomic mass is 15.3. The second-order valence-corrected chi connectivity index (χ2v) is 4.84. The van der Waals surface area contributed by atoms with Crippen LogP contribution in [0.3, 0.4) is 0 Å². The highest BCUT2D eigenvalue weighted by Gasteiger charge is 2.06. The summed E-state index contributed by atoms with van der Waals surface area (Å²) in [7, 11) is 5.91. The number of nitrogens with zero attached hydrogens (tertiary/aromatic N) is 4. The lowest BCUT2D eigenvalue weighted by molar-refractivity contribution is 0.939. The molecule has 0 aliphatic rings. The average Bonchev–Trinajstić information content (AvgIpc) is 2.90. The van der Waals surface area contributed by atoms with Gasteiger partial charge < -0.3 is 10.2 Å². The molecule has 0 amide bonds. The van der Waals surface area contributed by atoms with E-state index in [1.165, 1.54) is 5.69 Å². The van der Waals surface area contributed by atoms with E-state index in [-0.39, 0.29) is 0 Å². The average molecular weight is 267 g/mol. The van der Waals surface area contributed by atoms with Crippen LogP contribution >= 0.6 is 0 Å². The minimum Gasteiger partial charge on any atom is -0.378 e. The Morgan fingerprint density at radius 1 is 1.05 bits per heavy atom. The van der Waals surface area contributed by atoms with E-state index in [1.807, 2.05) is 39.5 Å². The summed E-state index contributed by atoms with van der Waals surface area (Å²) in [5.74, 6) is 0.824. The number of rotatable bonds is 3. The number of aromatic nitrogens is 3. The predicted octanol–water partition coefficient (Wildman–Crippen LogP) is 2.50. The lowest BCUT2D eigenvalue weighted by Crippen LogP contribution is -2.07. The van der Waals surface area contributed by atoms with Crippen LogP contribution in [0.5, 0.6) is 0 Å². The monoisotopic (exact) mass is 267 g/mol. The molecule has 0 atom stereocenters. The van der Waals surface area contributed by atoms with Gasteiger partial charge in [-0.2, -0.15) is 0 Å². The van der Waals surface area contributed by atoms with Crippen molar-refractivity contribution in [1.29, 1.82) is 0 Å². The Morgan fingerprint density at radius 3 is 2.45 bits per heavy atom. The van der Waals surface area contributed by atoms with Crippen molar-refractivity contribution >= 4 is 17.2 Å². The van der Waals surface area contributed by atoms with Gasteiger partial charge in [0, 0.05) is 32.4 Å². The van der Waals surface area contributed by atoms with Gasteiger partial charge in [-0.15, -0.1) is 5.10 Å². The van der Waals surface area contributed by atoms with Crippen LogP contribution in [0.2, 0.25) is 0 Å². The fourth-order valence-corrected chi connectivity index (χ4v) is 2.08. The number of imidazole rings is 1. The Balaban J connectivity index is 2.01. The molecule has 0 spiro atoms. The molecule has 0 saturated carbocycles. The first-order chi connectivity index (χ1) is 9.67. The van der Waals surface area contributed by atoms with E-state index >= 15 is 0 Å². The molecule has 0 aliphatic carbocycles. The first-order valence-corrected chi connectivity index (χ1v) is 6.49. The smallest absolute Gasteiger partial charge is 0.154 e. The quantitative estimate of drug-likeness (QED) is 0.792. The van der Waals surface area contributed by atoms with Crippen LogP contribution in [0.25, 0.3) is 16.9 Å². The van der Waals surface area contributed by atoms with E-state index in [0.717, 1.165) is 22.7 Å². The van der Waals surface area contributed by atoms with E-state index in [1.54, 1.807) is 4.52 Å². The maximum Gasteiger partial charge on any atom is 0.154 e. The van der Waals surface area contributed by atoms with Gasteiger partial charge in [0.25, 0.3) is 0 Å². The lowest BCUT2D eigenvalue weighted by atomic mass is 10.1. The van der Waals surface area contributed by atoms with Gasteiger partial charge >= 0.3 is 0 Å². The van der Waals surface area contributed by atoms with Crippen molar-refractivity contribution in [1.82, 2.24) is 14.6 Å². The number of benzene rings is 1. The molecular formula is C15H17N5. The van der Waals surface area contributed by atoms with Crippen molar-refractivity contribution in [3.8, 4) is 11.3 Å². The molecule has 5 heteroatoms. The first-order valence-electron chi connectivity index (χ1n) is 6.49. The molecule has 20 heavy (non-hydrogen) atoms. The number of fused-ring (bicyclic) bond motifs is 1. The zero-order chi connectivity index (χ0) is 14.1. The number of hydrogen-bond acceptors (Lipinski definition) is 4. The summed E-state index contributed by atoms with van der Waals surface area (Å²) in [5, 5.41) is 7.44. The second kappa shape index (κ2) is 4.85. The summed E-state index contributed by atoms with van der Waals surface area (Å²) in [6, 6.07) is 12.2. The van der Waals surface area contributed by atoms with Crippen LogP contribution in [-0.2, 0) is 0 Å². The van der Waals surface area contributed by atoms with Crippen molar-refractivity contribution in [2.45, 2.75) is 0 Å². The molecule has 0 unspecified atom stereocenters. The van der Waals surface area contributed by atoms with E-state index in [4.69, 9.17) is 0 Å². The maximum atomic E-state index is 4.59. The van der Waals surface area contributed by atoms with Gasteiger partial charge in [0.1, 0.15) is 5.82 Å². The summed E-state index contributed by atoms with van der Waals surface area (Å²) in [5.41, 5.74) is 4.03. The lowest BCUT2D eigenvalue weighted by Gasteiger charge is -2.11. The number of nitrogens with one attached hydrogen (secondary N) is 1. The van der Waals surface area contributed by atoms with E-state index in [0.29, 0.717) is 0 Å². The van der Waals surface area contributed by atoms with Crippen molar-refractivity contribution in [2.75, 3.05) is 31.4 Å². The van der Waals surface area contributed by atoms with Crippen molar-refractivity contribution in [2.24, 2.45) is 0 Å². The van der Waals surface area contributed by atoms with Crippen LogP contribution in [0, 0.1) is 0 Å². The fraction of sp³-hybridized carbons (Fsp3) is 0.200. The molecule has 3 rings (SSSR count). The summed E-state index contributed by atoms with van der Waals surface area (Å²) < 4.78 is 1.79. The largest absolute Gasteiger partial charge is 0.378 e. The molecule has 0 bridgehead atoms. The van der Waals surface area contributed by atoms with Gasteiger partial charge in [-0.25, -0.2) is 9.50 Å². The Bertz CT molecular complexity index is 728. The molecule has 1 aromatic carbocycles. The van der Waals surface area contributed by atoms with Crippen LogP contribution in [0.4, 0.5) is 11.5 Å². The van der Waals surface area contributed by atoms with E-state index < -0.39 is 0 Å². The maximum absolute atomic E-state index is 4.59. The third-order valence-electron chi connectivity index (χ3n) is 3.26. The van der Waals surface area contributed by atoms with Gasteiger partial charge in [-0.05, 0) is 24.3 Å². The Labute approximate surface area is 117 Å². The standard InChI is InChI=1S/C15H17N5/c1-16-14-8-9-15-17-13(10-20(15)18-14)11-4-6-12(7-5-11)19(2)3/h4-10H,1-3H3,(H,16,18). The highest BCUT2D eigenvalue weighted by Crippen LogP contribution is 2.22. The Kier molecular flexibility index (Phi) is 3.02. The fourth-order valence-electron chi connectivity index (χ4n) is 2.08. The molecule has 0 saturated heterocycles. The van der Waals surface area contributed by atoms with E-state index in [9.17, 15) is 0 Å². The van der Waals surface area contributed by atoms with Gasteiger partial charge in [0.2, 0.25) is 0 Å². The zero-order valence-electron chi connectivity index (χ0n) is 11.8. The number of hydrogen-bond donors (Lipinski definition) is 1. The first kappa shape index (κ1) is 12.5. The third-order valence-corrected chi connectivity index (χ3v) is 3.26. The Hall–Kier alpha value is -2.56. The molecule has 3 aromatic rings. The summed E-state index contributed by atoms with van der Waals surface area (Å²) >= 11 is 0. The third kappa shape index (κ3) is 2.18. The number of anilines is 2. The molecule has 102 valence electrons. The normalized spacial score (nSPS) is 10.8. The van der Waals surface area contributed by atoms with Crippen LogP contribution in [0.1, 0.15) is 0 Å². The molecule has 5 nitrogen and oxygen atoms in total. The van der Waals surface area contributed by atoms with Gasteiger partial charge in [-0.1, -0.05) is 12.1 Å². The van der Waals surface area contributed by atoms with Crippen LogP contribution in [-0.4, -0.2) is 35.7 Å². The Morgan fingerprint density at radius 2 is 1.80 bits per heavy atom. The molecular weight excluding hydrogens is 250 g/mol. The van der Waals surface area contributed by atoms with Gasteiger partial charge in [0.15, 0.2) is 5.65 Å². The molecule has 1 N–H and O–H groups in total. The summed E-state index contributed by atoms with van der Waals surface area (Å²) in [4.78, 5) is 6.67. The van der Waals surface area contributed by atoms with Crippen LogP contribution in [0.15, 0.2) is 42.6 Å². The minimum atomic E-state index is 0.824. The molecule has 0 radical (unpaired) electrons. The van der Waals surface area contributed by atoms with Crippen molar-refractivity contribution in [3.63, 3.8) is 0 Å². The van der Waals surface area contributed by atoms with Gasteiger partial charge in [-0.3, -0.25) is 0 Å². The predicted molar refractivity (Wildman–Crippen MR) is 82.3 cm³/mol. The van der Waals surface area contributed by atoms with Crippen molar-refractivity contribution in [3.05, 3.63) is 42.6 Å². The molecule has 0 aliphatic heterocycles. The van der Waals surface area contributed by atoms with Gasteiger partial charge in [0.05, 0.1) is 11.9 Å². The SMILES string of the molecule is CNc1ccc2nc(-c3ccc(N(C)C)cc3)cn2n1. The second-order valence-electron chi connectivity index (χ2n) is 4.84.